The molecule has 0 N–H and O–H groups in total. The van der Waals surface area contributed by atoms with Crippen molar-refractivity contribution in [1.82, 2.24) is 0 Å². The van der Waals surface area contributed by atoms with E-state index in [1.165, 1.54) is 24.9 Å². The molecule has 0 spiro atoms. The highest BCUT2D eigenvalue weighted by atomic mass is 32.2. The van der Waals surface area contributed by atoms with Crippen LogP contribution in [0.25, 0.3) is 0 Å². The van der Waals surface area contributed by atoms with Crippen molar-refractivity contribution in [3.8, 4) is 0 Å². The molecule has 0 aliphatic carbocycles. The second-order valence-electron chi connectivity index (χ2n) is 4.37. The molecule has 2 nitrogen and oxygen atoms in total. The van der Waals surface area contributed by atoms with Crippen LogP contribution in [0.1, 0.15) is 11.5 Å². The molecule has 0 saturated carbocycles. The van der Waals surface area contributed by atoms with Crippen LogP contribution in [0.4, 0.5) is 8.78 Å². The number of carbonyl (C=O) groups excluding carboxylic acids is 1. The zero-order valence-corrected chi connectivity index (χ0v) is 12.2. The molecule has 0 saturated heterocycles. The Morgan fingerprint density at radius 2 is 1.86 bits per heavy atom. The van der Waals surface area contributed by atoms with Crippen molar-refractivity contribution in [2.45, 2.75) is 10.8 Å². The summed E-state index contributed by atoms with van der Waals surface area (Å²) in [6.07, 6.45) is 0. The van der Waals surface area contributed by atoms with Crippen molar-refractivity contribution in [2.24, 2.45) is 0 Å². The zero-order chi connectivity index (χ0) is 15.2. The number of ether oxygens (including phenoxy) is 1. The first-order valence-electron chi connectivity index (χ1n) is 6.32. The van der Waals surface area contributed by atoms with E-state index in [1.54, 1.807) is 0 Å². The quantitative estimate of drug-likeness (QED) is 0.616. The lowest BCUT2D eigenvalue weighted by Crippen LogP contribution is -2.16. The van der Waals surface area contributed by atoms with E-state index in [1.807, 2.05) is 30.3 Å². The van der Waals surface area contributed by atoms with Gasteiger partial charge in [0.05, 0.1) is 13.0 Å². The zero-order valence-electron chi connectivity index (χ0n) is 11.4. The summed E-state index contributed by atoms with van der Waals surface area (Å²) in [6, 6.07) is 12.9. The highest BCUT2D eigenvalue weighted by Gasteiger charge is 2.21. The molecule has 0 radical (unpaired) electrons. The van der Waals surface area contributed by atoms with Gasteiger partial charge in [-0.1, -0.05) is 30.3 Å². The molecule has 0 aliphatic heterocycles. The predicted octanol–water partition coefficient (Wildman–Crippen LogP) is 4.01. The van der Waals surface area contributed by atoms with E-state index in [0.29, 0.717) is 10.6 Å². The molecule has 0 aliphatic rings. The van der Waals surface area contributed by atoms with Crippen molar-refractivity contribution < 1.29 is 18.3 Å². The van der Waals surface area contributed by atoms with Crippen LogP contribution in [-0.2, 0) is 9.53 Å². The number of carbonyl (C=O) groups is 1. The van der Waals surface area contributed by atoms with Gasteiger partial charge in [-0.25, -0.2) is 8.78 Å². The monoisotopic (exact) mass is 308 g/mol. The summed E-state index contributed by atoms with van der Waals surface area (Å²) >= 11 is 1.28. The van der Waals surface area contributed by atoms with Gasteiger partial charge in [-0.2, -0.15) is 0 Å². The molecular formula is C16H14F2O2S. The Balaban J connectivity index is 2.12. The molecule has 110 valence electrons. The smallest absolute Gasteiger partial charge is 0.313 e. The molecule has 5 heteroatoms. The number of thioether (sulfide) groups is 1. The summed E-state index contributed by atoms with van der Waals surface area (Å²) in [7, 11) is 1.33. The van der Waals surface area contributed by atoms with Gasteiger partial charge in [0.15, 0.2) is 11.6 Å². The summed E-state index contributed by atoms with van der Waals surface area (Å²) in [5.74, 6) is -2.19. The van der Waals surface area contributed by atoms with Gasteiger partial charge in [0, 0.05) is 10.6 Å². The van der Waals surface area contributed by atoms with E-state index < -0.39 is 17.6 Å². The number of hydrogen-bond acceptors (Lipinski definition) is 3. The Bertz CT molecular complexity index is 617. The Morgan fingerprint density at radius 3 is 2.48 bits per heavy atom. The predicted molar refractivity (Wildman–Crippen MR) is 78.3 cm³/mol. The summed E-state index contributed by atoms with van der Waals surface area (Å²) in [5.41, 5.74) is 0.833. The number of rotatable bonds is 5. The summed E-state index contributed by atoms with van der Waals surface area (Å²) < 4.78 is 30.9. The summed E-state index contributed by atoms with van der Waals surface area (Å²) in [4.78, 5) is 12.5. The number of benzene rings is 2. The van der Waals surface area contributed by atoms with Crippen LogP contribution < -0.4 is 0 Å². The highest BCUT2D eigenvalue weighted by Crippen LogP contribution is 2.28. The molecular weight excluding hydrogens is 294 g/mol. The SMILES string of the molecule is COC(=O)C(CSc1ccc(F)c(F)c1)c1ccccc1. The van der Waals surface area contributed by atoms with Crippen LogP contribution in [0.2, 0.25) is 0 Å². The van der Waals surface area contributed by atoms with E-state index in [2.05, 4.69) is 0 Å². The Kier molecular flexibility index (Phi) is 5.33. The van der Waals surface area contributed by atoms with E-state index in [-0.39, 0.29) is 5.97 Å². The van der Waals surface area contributed by atoms with Gasteiger partial charge in [-0.3, -0.25) is 4.79 Å². The molecule has 21 heavy (non-hydrogen) atoms. The van der Waals surface area contributed by atoms with Gasteiger partial charge in [-0.05, 0) is 23.8 Å². The molecule has 0 amide bonds. The van der Waals surface area contributed by atoms with E-state index >= 15 is 0 Å². The lowest BCUT2D eigenvalue weighted by Gasteiger charge is -2.14. The number of hydrogen-bond donors (Lipinski definition) is 0. The molecule has 1 unspecified atom stereocenters. The van der Waals surface area contributed by atoms with Gasteiger partial charge in [-0.15, -0.1) is 11.8 Å². The molecule has 2 rings (SSSR count). The van der Waals surface area contributed by atoms with Crippen LogP contribution in [0.3, 0.4) is 0 Å². The maximum Gasteiger partial charge on any atom is 0.313 e. The fraction of sp³-hybridized carbons (Fsp3) is 0.188. The normalized spacial score (nSPS) is 12.0. The van der Waals surface area contributed by atoms with Crippen LogP contribution in [0.5, 0.6) is 0 Å². The third kappa shape index (κ3) is 4.04. The highest BCUT2D eigenvalue weighted by molar-refractivity contribution is 7.99. The first-order valence-corrected chi connectivity index (χ1v) is 7.31. The Labute approximate surface area is 126 Å². The molecule has 0 heterocycles. The minimum Gasteiger partial charge on any atom is -0.469 e. The number of esters is 1. The van der Waals surface area contributed by atoms with Crippen molar-refractivity contribution >= 4 is 17.7 Å². The lowest BCUT2D eigenvalue weighted by molar-refractivity contribution is -0.141. The van der Waals surface area contributed by atoms with Crippen LogP contribution in [0, 0.1) is 11.6 Å². The molecule has 2 aromatic carbocycles. The van der Waals surface area contributed by atoms with Gasteiger partial charge in [0.2, 0.25) is 0 Å². The second kappa shape index (κ2) is 7.22. The maximum atomic E-state index is 13.2. The standard InChI is InChI=1S/C16H14F2O2S/c1-20-16(19)13(11-5-3-2-4-6-11)10-21-12-7-8-14(17)15(18)9-12/h2-9,13H,10H2,1H3. The molecule has 0 bridgehead atoms. The third-order valence-corrected chi connectivity index (χ3v) is 4.08. The number of halogens is 2. The van der Waals surface area contributed by atoms with Gasteiger partial charge in [0.25, 0.3) is 0 Å². The lowest BCUT2D eigenvalue weighted by atomic mass is 10.0. The Morgan fingerprint density at radius 1 is 1.14 bits per heavy atom. The third-order valence-electron chi connectivity index (χ3n) is 3.00. The first-order chi connectivity index (χ1) is 10.1. The van der Waals surface area contributed by atoms with E-state index in [9.17, 15) is 13.6 Å². The fourth-order valence-corrected chi connectivity index (χ4v) is 2.91. The largest absolute Gasteiger partial charge is 0.469 e. The van der Waals surface area contributed by atoms with Gasteiger partial charge < -0.3 is 4.74 Å². The molecule has 0 aromatic heterocycles. The number of methoxy groups -OCH3 is 1. The average molecular weight is 308 g/mol. The van der Waals surface area contributed by atoms with Crippen molar-refractivity contribution in [1.29, 1.82) is 0 Å². The van der Waals surface area contributed by atoms with Crippen molar-refractivity contribution in [2.75, 3.05) is 12.9 Å². The van der Waals surface area contributed by atoms with Crippen molar-refractivity contribution in [3.63, 3.8) is 0 Å². The van der Waals surface area contributed by atoms with E-state index in [4.69, 9.17) is 4.74 Å². The first kappa shape index (κ1) is 15.5. The van der Waals surface area contributed by atoms with Crippen LogP contribution in [0.15, 0.2) is 53.4 Å². The van der Waals surface area contributed by atoms with E-state index in [0.717, 1.165) is 17.7 Å². The molecule has 0 fully saturated rings. The van der Waals surface area contributed by atoms with Gasteiger partial charge in [0.1, 0.15) is 0 Å². The maximum absolute atomic E-state index is 13.2. The molecule has 2 aromatic rings. The minimum atomic E-state index is -0.894. The summed E-state index contributed by atoms with van der Waals surface area (Å²) in [6.45, 7) is 0. The summed E-state index contributed by atoms with van der Waals surface area (Å²) in [5, 5.41) is 0. The topological polar surface area (TPSA) is 26.3 Å². The average Bonchev–Trinajstić information content (AvgIpc) is 2.51. The van der Waals surface area contributed by atoms with Crippen molar-refractivity contribution in [3.05, 3.63) is 65.7 Å². The van der Waals surface area contributed by atoms with Crippen LogP contribution >= 0.6 is 11.8 Å². The second-order valence-corrected chi connectivity index (χ2v) is 5.47. The van der Waals surface area contributed by atoms with Gasteiger partial charge >= 0.3 is 5.97 Å². The minimum absolute atomic E-state index is 0.351. The molecule has 1 atom stereocenters. The van der Waals surface area contributed by atoms with Crippen LogP contribution in [-0.4, -0.2) is 18.8 Å². The Hall–Kier alpha value is -1.88. The fourth-order valence-electron chi connectivity index (χ4n) is 1.87.